The molecule has 0 atom stereocenters. The van der Waals surface area contributed by atoms with Crippen molar-refractivity contribution in [1.82, 2.24) is 0 Å². The number of carbonyl (C=O) groups excluding carboxylic acids is 2. The van der Waals surface area contributed by atoms with Gasteiger partial charge in [0.05, 0.1) is 5.41 Å². The van der Waals surface area contributed by atoms with Crippen LogP contribution in [-0.2, 0) is 9.53 Å². The summed E-state index contributed by atoms with van der Waals surface area (Å²) in [6.07, 6.45) is 3.25. The van der Waals surface area contributed by atoms with E-state index in [0.29, 0.717) is 22.8 Å². The van der Waals surface area contributed by atoms with Gasteiger partial charge >= 0.3 is 5.97 Å². The van der Waals surface area contributed by atoms with Crippen LogP contribution in [0.2, 0.25) is 0 Å². The lowest BCUT2D eigenvalue weighted by Crippen LogP contribution is -2.24. The maximum Gasteiger partial charge on any atom is 0.314 e. The van der Waals surface area contributed by atoms with Crippen molar-refractivity contribution in [3.05, 3.63) is 59.7 Å². The minimum atomic E-state index is -0.594. The van der Waals surface area contributed by atoms with E-state index in [0.717, 1.165) is 5.56 Å². The fraction of sp³-hybridized carbons (Fsp3) is 0.448. The summed E-state index contributed by atoms with van der Waals surface area (Å²) in [5, 5.41) is 0. The van der Waals surface area contributed by atoms with E-state index in [2.05, 4.69) is 0 Å². The molecule has 6 heteroatoms. The predicted octanol–water partition coefficient (Wildman–Crippen LogP) is 6.86. The molecule has 0 saturated carbocycles. The third kappa shape index (κ3) is 9.85. The molecule has 0 heterocycles. The van der Waals surface area contributed by atoms with Crippen LogP contribution in [0.5, 0.6) is 17.2 Å². The van der Waals surface area contributed by atoms with Crippen molar-refractivity contribution in [3.8, 4) is 17.2 Å². The normalized spacial score (nSPS) is 12.4. The molecule has 2 aromatic carbocycles. The first-order chi connectivity index (χ1) is 16.0. The summed E-state index contributed by atoms with van der Waals surface area (Å²) in [6, 6.07) is 12.3. The SMILES string of the molecule is CC(C)(C)Oc1ccc(C=CC(=O)c2ccc(OCOC(=O)C(C)(C)C)cc2)c(OC(C)(C)C)c1. The zero-order valence-corrected chi connectivity index (χ0v) is 22.4. The molecule has 35 heavy (non-hydrogen) atoms. The van der Waals surface area contributed by atoms with E-state index >= 15 is 0 Å². The summed E-state index contributed by atoms with van der Waals surface area (Å²) < 4.78 is 22.6. The number of ketones is 1. The van der Waals surface area contributed by atoms with E-state index in [4.69, 9.17) is 18.9 Å². The molecular formula is C29H38O6. The van der Waals surface area contributed by atoms with Gasteiger partial charge in [-0.05, 0) is 111 Å². The molecule has 0 spiro atoms. The summed E-state index contributed by atoms with van der Waals surface area (Å²) >= 11 is 0. The Morgan fingerprint density at radius 3 is 1.89 bits per heavy atom. The van der Waals surface area contributed by atoms with Crippen molar-refractivity contribution in [2.24, 2.45) is 5.41 Å². The quantitative estimate of drug-likeness (QED) is 0.177. The van der Waals surface area contributed by atoms with E-state index in [-0.39, 0.29) is 24.1 Å². The van der Waals surface area contributed by atoms with Gasteiger partial charge in [0.2, 0.25) is 6.79 Å². The van der Waals surface area contributed by atoms with E-state index < -0.39 is 11.0 Å². The molecule has 0 radical (unpaired) electrons. The molecule has 0 saturated heterocycles. The molecule has 2 aromatic rings. The van der Waals surface area contributed by atoms with Crippen LogP contribution >= 0.6 is 0 Å². The second kappa shape index (κ2) is 11.0. The Hall–Kier alpha value is -3.28. The molecule has 2 rings (SSSR count). The van der Waals surface area contributed by atoms with Gasteiger partial charge in [-0.1, -0.05) is 0 Å². The summed E-state index contributed by atoms with van der Waals surface area (Å²) in [6.45, 7) is 17.0. The topological polar surface area (TPSA) is 71.1 Å². The van der Waals surface area contributed by atoms with Crippen LogP contribution in [0.25, 0.3) is 6.08 Å². The van der Waals surface area contributed by atoms with Gasteiger partial charge in [0.25, 0.3) is 0 Å². The Kier molecular flexibility index (Phi) is 8.77. The zero-order valence-electron chi connectivity index (χ0n) is 22.4. The lowest BCUT2D eigenvalue weighted by Gasteiger charge is -2.25. The van der Waals surface area contributed by atoms with E-state index in [1.807, 2.05) is 59.7 Å². The highest BCUT2D eigenvalue weighted by Gasteiger charge is 2.23. The molecular weight excluding hydrogens is 444 g/mol. The van der Waals surface area contributed by atoms with Gasteiger partial charge in [0.1, 0.15) is 28.5 Å². The smallest absolute Gasteiger partial charge is 0.314 e. The first-order valence-electron chi connectivity index (χ1n) is 11.7. The van der Waals surface area contributed by atoms with Crippen LogP contribution in [0.3, 0.4) is 0 Å². The van der Waals surface area contributed by atoms with Gasteiger partial charge in [0, 0.05) is 17.2 Å². The lowest BCUT2D eigenvalue weighted by molar-refractivity contribution is -0.159. The number of ether oxygens (including phenoxy) is 4. The summed E-state index contributed by atoms with van der Waals surface area (Å²) in [4.78, 5) is 24.5. The Morgan fingerprint density at radius 2 is 1.34 bits per heavy atom. The van der Waals surface area contributed by atoms with Gasteiger partial charge in [0.15, 0.2) is 5.78 Å². The molecule has 0 unspecified atom stereocenters. The van der Waals surface area contributed by atoms with Crippen LogP contribution < -0.4 is 14.2 Å². The van der Waals surface area contributed by atoms with Crippen molar-refractivity contribution in [3.63, 3.8) is 0 Å². The third-order valence-electron chi connectivity index (χ3n) is 4.41. The maximum atomic E-state index is 12.7. The van der Waals surface area contributed by atoms with E-state index in [1.54, 1.807) is 51.1 Å². The minimum absolute atomic E-state index is 0.160. The largest absolute Gasteiger partial charge is 0.488 e. The fourth-order valence-electron chi connectivity index (χ4n) is 2.83. The summed E-state index contributed by atoms with van der Waals surface area (Å²) in [5.41, 5.74) is -0.0640. The molecule has 0 aliphatic heterocycles. The molecule has 0 aliphatic carbocycles. The van der Waals surface area contributed by atoms with Crippen molar-refractivity contribution >= 4 is 17.8 Å². The molecule has 0 fully saturated rings. The van der Waals surface area contributed by atoms with E-state index in [9.17, 15) is 9.59 Å². The monoisotopic (exact) mass is 482 g/mol. The first kappa shape index (κ1) is 28.0. The Bertz CT molecular complexity index is 1040. The van der Waals surface area contributed by atoms with Gasteiger partial charge in [-0.25, -0.2) is 0 Å². The molecule has 0 N–H and O–H groups in total. The Morgan fingerprint density at radius 1 is 0.771 bits per heavy atom. The van der Waals surface area contributed by atoms with Crippen molar-refractivity contribution in [2.75, 3.05) is 6.79 Å². The molecule has 0 amide bonds. The number of carbonyl (C=O) groups is 2. The van der Waals surface area contributed by atoms with Gasteiger partial charge in [-0.2, -0.15) is 0 Å². The Balaban J connectivity index is 2.10. The molecule has 0 aliphatic rings. The molecule has 0 aromatic heterocycles. The molecule has 0 bridgehead atoms. The second-order valence-electron chi connectivity index (χ2n) is 11.3. The van der Waals surface area contributed by atoms with Crippen molar-refractivity contribution in [1.29, 1.82) is 0 Å². The average molecular weight is 483 g/mol. The molecule has 190 valence electrons. The Labute approximate surface area is 209 Å². The fourth-order valence-corrected chi connectivity index (χ4v) is 2.83. The molecule has 6 nitrogen and oxygen atoms in total. The standard InChI is InChI=1S/C29H38O6/c1-27(2,3)26(31)33-19-32-22-14-10-20(11-15-22)24(30)17-13-21-12-16-23(34-28(4,5)6)18-25(21)35-29(7,8)9/h10-18H,19H2,1-9H3. The number of benzene rings is 2. The number of hydrogen-bond donors (Lipinski definition) is 0. The third-order valence-corrected chi connectivity index (χ3v) is 4.41. The van der Waals surface area contributed by atoms with E-state index in [1.165, 1.54) is 6.08 Å². The lowest BCUT2D eigenvalue weighted by atomic mass is 9.98. The van der Waals surface area contributed by atoms with Crippen LogP contribution in [0, 0.1) is 5.41 Å². The second-order valence-corrected chi connectivity index (χ2v) is 11.3. The highest BCUT2D eigenvalue weighted by molar-refractivity contribution is 6.07. The minimum Gasteiger partial charge on any atom is -0.488 e. The van der Waals surface area contributed by atoms with Crippen molar-refractivity contribution < 1.29 is 28.5 Å². The predicted molar refractivity (Wildman–Crippen MR) is 138 cm³/mol. The van der Waals surface area contributed by atoms with Gasteiger partial charge < -0.3 is 18.9 Å². The first-order valence-corrected chi connectivity index (χ1v) is 11.7. The van der Waals surface area contributed by atoms with Crippen LogP contribution in [-0.4, -0.2) is 29.7 Å². The van der Waals surface area contributed by atoms with Crippen molar-refractivity contribution in [2.45, 2.75) is 73.5 Å². The number of esters is 1. The average Bonchev–Trinajstić information content (AvgIpc) is 2.70. The maximum absolute atomic E-state index is 12.7. The van der Waals surface area contributed by atoms with Gasteiger partial charge in [-0.3, -0.25) is 9.59 Å². The highest BCUT2D eigenvalue weighted by atomic mass is 16.7. The number of rotatable bonds is 8. The van der Waals surface area contributed by atoms with Crippen LogP contribution in [0.15, 0.2) is 48.5 Å². The zero-order chi connectivity index (χ0) is 26.4. The van der Waals surface area contributed by atoms with Gasteiger partial charge in [-0.15, -0.1) is 0 Å². The van der Waals surface area contributed by atoms with Crippen LogP contribution in [0.1, 0.15) is 78.2 Å². The number of hydrogen-bond acceptors (Lipinski definition) is 6. The summed E-state index contributed by atoms with van der Waals surface area (Å²) in [5.74, 6) is 1.33. The van der Waals surface area contributed by atoms with Crippen LogP contribution in [0.4, 0.5) is 0 Å². The highest BCUT2D eigenvalue weighted by Crippen LogP contribution is 2.31. The number of allylic oxidation sites excluding steroid dienone is 1. The summed E-state index contributed by atoms with van der Waals surface area (Å²) in [7, 11) is 0.